The third kappa shape index (κ3) is 0.212. The minimum atomic E-state index is 1.28. The normalized spacial score (nSPS) is 8.00. The molecule has 26 valence electrons. The maximum absolute atomic E-state index is 3.25. The Morgan fingerprint density at radius 3 is 2.80 bits per heavy atom. The molecular weight excluding hydrogens is 68.0 g/mol. The molecule has 0 bridgehead atoms. The van der Waals surface area contributed by atoms with E-state index in [1.54, 1.807) is 0 Å². The Kier molecular flexibility index (Phi) is 0.368. The molecule has 0 aromatic carbocycles. The third-order valence-corrected chi connectivity index (χ3v) is 0.247. The summed E-state index contributed by atoms with van der Waals surface area (Å²) in [7, 11) is 0. The molecule has 0 unspecified atom stereocenters. The van der Waals surface area contributed by atoms with Crippen molar-refractivity contribution in [3.8, 4) is 0 Å². The second kappa shape index (κ2) is 0.794. The third-order valence-electron chi connectivity index (χ3n) is 0.247. The predicted octanol–water partition coefficient (Wildman–Crippen LogP) is -1.17. The molecule has 1 heterocycles. The highest BCUT2D eigenvalue weighted by molar-refractivity contribution is 4.23. The van der Waals surface area contributed by atoms with Gasteiger partial charge in [-0.3, -0.25) is 10.3 Å². The zero-order valence-electron chi connectivity index (χ0n) is 2.37. The molecule has 0 amide bonds. The van der Waals surface area contributed by atoms with Crippen LogP contribution in [0, 0.1) is 0 Å². The molecule has 0 N–H and O–H groups in total. The highest BCUT2D eigenvalue weighted by Crippen LogP contribution is 1.41. The van der Waals surface area contributed by atoms with Gasteiger partial charge in [-0.2, -0.15) is 5.21 Å². The van der Waals surface area contributed by atoms with Crippen LogP contribution in [-0.4, -0.2) is 15.5 Å². The fourth-order valence-electron chi connectivity index (χ4n) is 0.115. The summed E-state index contributed by atoms with van der Waals surface area (Å²) in [6.07, 6.45) is 1.28. The monoisotopic (exact) mass is 69.0 g/mol. The molecular formula is CHN4-. The van der Waals surface area contributed by atoms with E-state index in [9.17, 15) is 0 Å². The molecule has 0 saturated heterocycles. The van der Waals surface area contributed by atoms with Crippen LogP contribution in [0.25, 0.3) is 0 Å². The first-order valence-electron chi connectivity index (χ1n) is 1.12. The van der Waals surface area contributed by atoms with Crippen molar-refractivity contribution in [3.63, 3.8) is 0 Å². The summed E-state index contributed by atoms with van der Waals surface area (Å²) in [6.45, 7) is 0. The van der Waals surface area contributed by atoms with Gasteiger partial charge in [0.1, 0.15) is 0 Å². The largest absolute Gasteiger partial charge is 0.339 e. The Morgan fingerprint density at radius 2 is 2.60 bits per heavy atom. The standard InChI is InChI=1S/CHN4/c1-2-4-5-3-1/h1H/q-1. The summed E-state index contributed by atoms with van der Waals surface area (Å²) >= 11 is 0. The van der Waals surface area contributed by atoms with Crippen LogP contribution in [0.5, 0.6) is 0 Å². The first-order chi connectivity index (χ1) is 2.50. The van der Waals surface area contributed by atoms with Crippen molar-refractivity contribution in [2.75, 3.05) is 0 Å². The van der Waals surface area contributed by atoms with Crippen molar-refractivity contribution in [1.29, 1.82) is 0 Å². The van der Waals surface area contributed by atoms with Gasteiger partial charge in [0.25, 0.3) is 0 Å². The Balaban J connectivity index is 3.13. The van der Waals surface area contributed by atoms with Crippen molar-refractivity contribution < 1.29 is 0 Å². The van der Waals surface area contributed by atoms with E-state index < -0.39 is 0 Å². The summed E-state index contributed by atoms with van der Waals surface area (Å²) in [5.74, 6) is 0. The molecule has 0 aliphatic rings. The summed E-state index contributed by atoms with van der Waals surface area (Å²) < 4.78 is 0. The lowest BCUT2D eigenvalue weighted by Gasteiger charge is -1.58. The quantitative estimate of drug-likeness (QED) is 0.385. The summed E-state index contributed by atoms with van der Waals surface area (Å²) in [5, 5.41) is 12.7. The SMILES string of the molecule is c1nnn[n-]1. The van der Waals surface area contributed by atoms with Crippen LogP contribution in [-0.2, 0) is 0 Å². The zero-order valence-corrected chi connectivity index (χ0v) is 2.37. The molecule has 0 saturated carbocycles. The summed E-state index contributed by atoms with van der Waals surface area (Å²) in [6, 6.07) is 0. The van der Waals surface area contributed by atoms with Crippen LogP contribution in [0.4, 0.5) is 0 Å². The molecule has 0 aliphatic carbocycles. The Morgan fingerprint density at radius 1 is 1.60 bits per heavy atom. The molecule has 0 atom stereocenters. The number of rotatable bonds is 0. The highest BCUT2D eigenvalue weighted by atomic mass is 15.5. The second-order valence-electron chi connectivity index (χ2n) is 0.525. The minimum Gasteiger partial charge on any atom is -0.339 e. The smallest absolute Gasteiger partial charge is 0.00417 e. The molecule has 0 radical (unpaired) electrons. The van der Waals surface area contributed by atoms with E-state index in [-0.39, 0.29) is 0 Å². The van der Waals surface area contributed by atoms with E-state index in [4.69, 9.17) is 0 Å². The van der Waals surface area contributed by atoms with Crippen LogP contribution in [0.3, 0.4) is 0 Å². The second-order valence-corrected chi connectivity index (χ2v) is 0.525. The Hall–Kier alpha value is -0.930. The van der Waals surface area contributed by atoms with Gasteiger partial charge in [0.05, 0.1) is 0 Å². The Labute approximate surface area is 28.2 Å². The van der Waals surface area contributed by atoms with Crippen molar-refractivity contribution >= 4 is 0 Å². The average molecular weight is 69.0 g/mol. The van der Waals surface area contributed by atoms with Crippen LogP contribution < -0.4 is 5.10 Å². The number of nitrogens with zero attached hydrogens (tertiary/aromatic N) is 4. The maximum Gasteiger partial charge on any atom is -0.00417 e. The molecule has 5 heavy (non-hydrogen) atoms. The molecule has 0 spiro atoms. The lowest BCUT2D eigenvalue weighted by atomic mass is 11.4. The summed E-state index contributed by atoms with van der Waals surface area (Å²) in [5.41, 5.74) is 0. The lowest BCUT2D eigenvalue weighted by Crippen LogP contribution is -1.67. The molecule has 4 nitrogen and oxygen atoms in total. The average Bonchev–Trinajstić information content (AvgIpc) is 1.76. The number of tetrazole rings is 1. The molecule has 0 aliphatic heterocycles. The van der Waals surface area contributed by atoms with Gasteiger partial charge >= 0.3 is 0 Å². The first-order valence-corrected chi connectivity index (χ1v) is 1.12. The first kappa shape index (κ1) is 2.32. The van der Waals surface area contributed by atoms with Crippen molar-refractivity contribution in [2.45, 2.75) is 0 Å². The van der Waals surface area contributed by atoms with E-state index in [0.717, 1.165) is 0 Å². The van der Waals surface area contributed by atoms with Gasteiger partial charge in [-0.1, -0.05) is 0 Å². The number of hydrogen-bond donors (Lipinski definition) is 0. The molecule has 1 aromatic heterocycles. The van der Waals surface area contributed by atoms with Crippen LogP contribution in [0.1, 0.15) is 0 Å². The number of aromatic nitrogens is 4. The van der Waals surface area contributed by atoms with Crippen LogP contribution in [0.15, 0.2) is 6.33 Å². The Bertz CT molecular complexity index is 60.1. The van der Waals surface area contributed by atoms with Gasteiger partial charge in [0.2, 0.25) is 0 Å². The highest BCUT2D eigenvalue weighted by Gasteiger charge is 1.43. The van der Waals surface area contributed by atoms with Crippen molar-refractivity contribution in [2.24, 2.45) is 0 Å². The van der Waals surface area contributed by atoms with Crippen LogP contribution >= 0.6 is 0 Å². The fourth-order valence-corrected chi connectivity index (χ4v) is 0.115. The molecule has 1 aromatic rings. The van der Waals surface area contributed by atoms with Gasteiger partial charge in [0, 0.05) is 0 Å². The maximum atomic E-state index is 3.25. The summed E-state index contributed by atoms with van der Waals surface area (Å²) in [4.78, 5) is 0. The van der Waals surface area contributed by atoms with Crippen LogP contribution in [0.2, 0.25) is 0 Å². The van der Waals surface area contributed by atoms with Gasteiger partial charge in [-0.05, 0) is 6.33 Å². The van der Waals surface area contributed by atoms with E-state index in [1.807, 2.05) is 0 Å². The van der Waals surface area contributed by atoms with Gasteiger partial charge in [-0.25, -0.2) is 0 Å². The van der Waals surface area contributed by atoms with E-state index >= 15 is 0 Å². The lowest BCUT2D eigenvalue weighted by molar-refractivity contribution is 0.871. The minimum absolute atomic E-state index is 1.28. The van der Waals surface area contributed by atoms with Gasteiger partial charge in [-0.15, -0.1) is 0 Å². The van der Waals surface area contributed by atoms with Gasteiger partial charge < -0.3 is 5.10 Å². The molecule has 1 rings (SSSR count). The zero-order chi connectivity index (χ0) is 3.54. The van der Waals surface area contributed by atoms with E-state index in [2.05, 4.69) is 20.6 Å². The molecule has 4 heteroatoms. The fraction of sp³-hybridized carbons (Fsp3) is 0. The van der Waals surface area contributed by atoms with E-state index in [0.29, 0.717) is 0 Å². The molecule has 0 fully saturated rings. The van der Waals surface area contributed by atoms with Crippen molar-refractivity contribution in [1.82, 2.24) is 20.6 Å². The van der Waals surface area contributed by atoms with E-state index in [1.165, 1.54) is 6.33 Å². The van der Waals surface area contributed by atoms with Crippen molar-refractivity contribution in [3.05, 3.63) is 6.33 Å². The topological polar surface area (TPSA) is 52.8 Å². The number of hydrogen-bond acceptors (Lipinski definition) is 3. The van der Waals surface area contributed by atoms with Gasteiger partial charge in [0.15, 0.2) is 0 Å². The predicted molar refractivity (Wildman–Crippen MR) is 13.1 cm³/mol.